The molecule has 202 valence electrons. The molecule has 7 nitrogen and oxygen atoms in total. The van der Waals surface area contributed by atoms with Crippen LogP contribution in [0.1, 0.15) is 63.1 Å². The SMILES string of the molecule is C=C/C(=C(\C=C/C)COC1CCC1)C(C(=O)O)N1CCC(OCCCCc2ccc3c(n2)NCCC3)C1. The molecule has 1 aromatic heterocycles. The van der Waals surface area contributed by atoms with E-state index in [1.807, 2.05) is 24.0 Å². The van der Waals surface area contributed by atoms with Crippen LogP contribution in [-0.4, -0.2) is 72.1 Å². The van der Waals surface area contributed by atoms with Crippen LogP contribution in [0.2, 0.25) is 0 Å². The van der Waals surface area contributed by atoms with Gasteiger partial charge in [0.2, 0.25) is 0 Å². The molecule has 4 rings (SSSR count). The van der Waals surface area contributed by atoms with Gasteiger partial charge in [-0.15, -0.1) is 0 Å². The van der Waals surface area contributed by atoms with Crippen LogP contribution in [0.3, 0.4) is 0 Å². The van der Waals surface area contributed by atoms with Gasteiger partial charge in [-0.2, -0.15) is 0 Å². The maximum atomic E-state index is 12.4. The Balaban J connectivity index is 1.26. The van der Waals surface area contributed by atoms with Gasteiger partial charge in [0.1, 0.15) is 11.9 Å². The lowest BCUT2D eigenvalue weighted by molar-refractivity contribution is -0.141. The molecule has 2 aliphatic heterocycles. The van der Waals surface area contributed by atoms with E-state index in [2.05, 4.69) is 24.0 Å². The normalized spacial score (nSPS) is 21.7. The number of rotatable bonds is 14. The Hall–Kier alpha value is -2.48. The van der Waals surface area contributed by atoms with Gasteiger partial charge in [0.25, 0.3) is 0 Å². The molecule has 0 spiro atoms. The molecule has 0 amide bonds. The van der Waals surface area contributed by atoms with Crippen molar-refractivity contribution < 1.29 is 19.4 Å². The molecule has 0 radical (unpaired) electrons. The van der Waals surface area contributed by atoms with Gasteiger partial charge < -0.3 is 19.9 Å². The Labute approximate surface area is 221 Å². The fourth-order valence-electron chi connectivity index (χ4n) is 5.37. The Morgan fingerprint density at radius 2 is 2.11 bits per heavy atom. The van der Waals surface area contributed by atoms with E-state index in [1.165, 1.54) is 18.4 Å². The number of carboxylic acids is 1. The highest BCUT2D eigenvalue weighted by Gasteiger charge is 2.35. The number of likely N-dealkylation sites (tertiary alicyclic amines) is 1. The first-order valence-corrected chi connectivity index (χ1v) is 14.0. The monoisotopic (exact) mass is 509 g/mol. The zero-order valence-electron chi connectivity index (χ0n) is 22.3. The van der Waals surface area contributed by atoms with Crippen molar-refractivity contribution in [2.24, 2.45) is 0 Å². The van der Waals surface area contributed by atoms with Gasteiger partial charge >= 0.3 is 5.97 Å². The number of pyridine rings is 1. The van der Waals surface area contributed by atoms with Crippen molar-refractivity contribution in [3.63, 3.8) is 0 Å². The highest BCUT2D eigenvalue weighted by Crippen LogP contribution is 2.27. The van der Waals surface area contributed by atoms with Crippen LogP contribution >= 0.6 is 0 Å². The standard InChI is InChI=1S/C30H43N3O4/c1-3-9-23(21-37-25-12-7-13-25)27(4-2)28(30(34)35)33-18-16-26(20-33)36-19-6-5-11-24-15-14-22-10-8-17-31-29(22)32-24/h3-4,9,14-15,25-26,28H,2,5-8,10-13,16-21H2,1H3,(H,31,32)(H,34,35)/b9-3-,27-23-. The number of unbranched alkanes of at least 4 members (excludes halogenated alkanes) is 1. The van der Waals surface area contributed by atoms with E-state index in [0.29, 0.717) is 32.4 Å². The number of carbonyl (C=O) groups is 1. The van der Waals surface area contributed by atoms with Crippen LogP contribution in [0.15, 0.2) is 48.1 Å². The lowest BCUT2D eigenvalue weighted by atomic mass is 9.95. The van der Waals surface area contributed by atoms with Gasteiger partial charge in [-0.05, 0) is 87.5 Å². The van der Waals surface area contributed by atoms with Crippen molar-refractivity contribution in [2.75, 3.05) is 38.2 Å². The summed E-state index contributed by atoms with van der Waals surface area (Å²) in [7, 11) is 0. The molecular formula is C30H43N3O4. The number of anilines is 1. The summed E-state index contributed by atoms with van der Waals surface area (Å²) < 4.78 is 12.2. The van der Waals surface area contributed by atoms with Crippen LogP contribution in [0.25, 0.3) is 0 Å². The predicted octanol–water partition coefficient (Wildman–Crippen LogP) is 4.93. The van der Waals surface area contributed by atoms with Crippen molar-refractivity contribution in [2.45, 2.75) is 83.0 Å². The predicted molar refractivity (Wildman–Crippen MR) is 147 cm³/mol. The van der Waals surface area contributed by atoms with Crippen molar-refractivity contribution in [3.8, 4) is 0 Å². The lowest BCUT2D eigenvalue weighted by Crippen LogP contribution is -2.42. The van der Waals surface area contributed by atoms with Crippen molar-refractivity contribution in [1.29, 1.82) is 0 Å². The molecule has 3 heterocycles. The number of fused-ring (bicyclic) bond motifs is 1. The lowest BCUT2D eigenvalue weighted by Gasteiger charge is -2.29. The summed E-state index contributed by atoms with van der Waals surface area (Å²) in [6.07, 6.45) is 15.4. The van der Waals surface area contributed by atoms with Crippen molar-refractivity contribution >= 4 is 11.8 Å². The number of aliphatic carboxylic acids is 1. The topological polar surface area (TPSA) is 83.9 Å². The average molecular weight is 510 g/mol. The first-order chi connectivity index (χ1) is 18.1. The maximum Gasteiger partial charge on any atom is 0.325 e. The molecule has 1 saturated carbocycles. The molecule has 1 saturated heterocycles. The summed E-state index contributed by atoms with van der Waals surface area (Å²) in [5, 5.41) is 13.6. The van der Waals surface area contributed by atoms with E-state index in [4.69, 9.17) is 14.5 Å². The second kappa shape index (κ2) is 13.9. The quantitative estimate of drug-likeness (QED) is 0.272. The third-order valence-corrected chi connectivity index (χ3v) is 7.69. The number of nitrogens with one attached hydrogen (secondary N) is 1. The molecule has 1 aliphatic carbocycles. The molecule has 2 atom stereocenters. The third kappa shape index (κ3) is 7.53. The van der Waals surface area contributed by atoms with E-state index in [-0.39, 0.29) is 6.10 Å². The zero-order valence-corrected chi connectivity index (χ0v) is 22.3. The van der Waals surface area contributed by atoms with E-state index in [9.17, 15) is 9.90 Å². The molecule has 2 unspecified atom stereocenters. The third-order valence-electron chi connectivity index (χ3n) is 7.69. The summed E-state index contributed by atoms with van der Waals surface area (Å²) in [6, 6.07) is 3.61. The Morgan fingerprint density at radius 3 is 2.84 bits per heavy atom. The number of hydrogen-bond acceptors (Lipinski definition) is 6. The van der Waals surface area contributed by atoms with Gasteiger partial charge in [-0.1, -0.05) is 30.9 Å². The average Bonchev–Trinajstić information content (AvgIpc) is 3.33. The molecule has 0 bridgehead atoms. The molecule has 3 aliphatic rings. The number of ether oxygens (including phenoxy) is 2. The Bertz CT molecular complexity index is 985. The van der Waals surface area contributed by atoms with Gasteiger partial charge in [-0.25, -0.2) is 4.98 Å². The molecule has 7 heteroatoms. The van der Waals surface area contributed by atoms with Crippen molar-refractivity contribution in [3.05, 3.63) is 59.3 Å². The van der Waals surface area contributed by atoms with Crippen LogP contribution in [0, 0.1) is 0 Å². The summed E-state index contributed by atoms with van der Waals surface area (Å²) in [6.45, 7) is 9.32. The molecule has 37 heavy (non-hydrogen) atoms. The summed E-state index contributed by atoms with van der Waals surface area (Å²) in [4.78, 5) is 19.2. The largest absolute Gasteiger partial charge is 0.480 e. The fourth-order valence-corrected chi connectivity index (χ4v) is 5.37. The highest BCUT2D eigenvalue weighted by molar-refractivity contribution is 5.79. The fraction of sp³-hybridized carbons (Fsp3) is 0.600. The summed E-state index contributed by atoms with van der Waals surface area (Å²) in [5.41, 5.74) is 4.07. The van der Waals surface area contributed by atoms with Crippen molar-refractivity contribution in [1.82, 2.24) is 9.88 Å². The number of aryl methyl sites for hydroxylation is 2. The molecule has 0 aromatic carbocycles. The van der Waals surface area contributed by atoms with Gasteiger partial charge in [0.05, 0.1) is 18.8 Å². The van der Waals surface area contributed by atoms with Crippen LogP contribution in [0.5, 0.6) is 0 Å². The van der Waals surface area contributed by atoms with E-state index in [0.717, 1.165) is 74.1 Å². The number of hydrogen-bond donors (Lipinski definition) is 2. The van der Waals surface area contributed by atoms with E-state index in [1.54, 1.807) is 6.08 Å². The molecule has 2 fully saturated rings. The number of carboxylic acid groups (broad SMARTS) is 1. The zero-order chi connectivity index (χ0) is 26.0. The number of allylic oxidation sites excluding steroid dienone is 1. The highest BCUT2D eigenvalue weighted by atomic mass is 16.5. The molecule has 1 aromatic rings. The minimum atomic E-state index is -0.853. The van der Waals surface area contributed by atoms with Crippen LogP contribution in [0.4, 0.5) is 5.82 Å². The van der Waals surface area contributed by atoms with Gasteiger partial charge in [0, 0.05) is 31.9 Å². The second-order valence-corrected chi connectivity index (χ2v) is 10.4. The Kier molecular flexibility index (Phi) is 10.3. The van der Waals surface area contributed by atoms with Gasteiger partial charge in [0.15, 0.2) is 0 Å². The minimum Gasteiger partial charge on any atom is -0.480 e. The van der Waals surface area contributed by atoms with Gasteiger partial charge in [-0.3, -0.25) is 9.69 Å². The summed E-state index contributed by atoms with van der Waals surface area (Å²) >= 11 is 0. The minimum absolute atomic E-state index is 0.0513. The van der Waals surface area contributed by atoms with E-state index < -0.39 is 12.0 Å². The molecular weight excluding hydrogens is 466 g/mol. The first kappa shape index (κ1) is 27.6. The molecule has 2 N–H and O–H groups in total. The Morgan fingerprint density at radius 1 is 1.24 bits per heavy atom. The van der Waals surface area contributed by atoms with Crippen LogP contribution < -0.4 is 5.32 Å². The first-order valence-electron chi connectivity index (χ1n) is 14.0. The van der Waals surface area contributed by atoms with E-state index >= 15 is 0 Å². The number of nitrogens with zero attached hydrogens (tertiary/aromatic N) is 2. The number of aromatic nitrogens is 1. The maximum absolute atomic E-state index is 12.4. The summed E-state index contributed by atoms with van der Waals surface area (Å²) in [5.74, 6) is 0.201. The smallest absolute Gasteiger partial charge is 0.325 e. The second-order valence-electron chi connectivity index (χ2n) is 10.4. The van der Waals surface area contributed by atoms with Crippen LogP contribution in [-0.2, 0) is 27.1 Å².